The molecule has 1 unspecified atom stereocenters. The van der Waals surface area contributed by atoms with E-state index in [2.05, 4.69) is 4.98 Å². The molecule has 1 atom stereocenters. The SMILES string of the molecule is CCC(C)N(CC(=O)O)c1nccn1CC. The van der Waals surface area contributed by atoms with Gasteiger partial charge in [-0.3, -0.25) is 4.79 Å². The van der Waals surface area contributed by atoms with E-state index in [9.17, 15) is 4.79 Å². The van der Waals surface area contributed by atoms with E-state index in [-0.39, 0.29) is 12.6 Å². The number of aromatic nitrogens is 2. The maximum atomic E-state index is 10.8. The predicted octanol–water partition coefficient (Wildman–Crippen LogP) is 1.59. The summed E-state index contributed by atoms with van der Waals surface area (Å²) in [5.74, 6) is -0.0924. The summed E-state index contributed by atoms with van der Waals surface area (Å²) in [6, 6.07) is 0.170. The van der Waals surface area contributed by atoms with Crippen molar-refractivity contribution in [2.45, 2.75) is 39.8 Å². The van der Waals surface area contributed by atoms with E-state index < -0.39 is 5.97 Å². The van der Waals surface area contributed by atoms with E-state index in [4.69, 9.17) is 5.11 Å². The van der Waals surface area contributed by atoms with E-state index >= 15 is 0 Å². The molecular formula is C11H19N3O2. The number of carboxylic acid groups (broad SMARTS) is 1. The molecule has 16 heavy (non-hydrogen) atoms. The molecule has 1 aromatic heterocycles. The molecule has 0 aliphatic carbocycles. The molecule has 0 saturated carbocycles. The smallest absolute Gasteiger partial charge is 0.323 e. The molecule has 5 heteroatoms. The van der Waals surface area contributed by atoms with Gasteiger partial charge < -0.3 is 14.6 Å². The summed E-state index contributed by atoms with van der Waals surface area (Å²) in [7, 11) is 0. The maximum absolute atomic E-state index is 10.8. The first-order valence-corrected chi connectivity index (χ1v) is 5.59. The molecule has 1 rings (SSSR count). The highest BCUT2D eigenvalue weighted by atomic mass is 16.4. The van der Waals surface area contributed by atoms with E-state index in [1.54, 1.807) is 6.20 Å². The number of nitrogens with zero attached hydrogens (tertiary/aromatic N) is 3. The Labute approximate surface area is 95.7 Å². The molecule has 1 N–H and O–H groups in total. The highest BCUT2D eigenvalue weighted by Crippen LogP contribution is 2.16. The maximum Gasteiger partial charge on any atom is 0.323 e. The minimum Gasteiger partial charge on any atom is -0.480 e. The molecule has 1 heterocycles. The Morgan fingerprint density at radius 1 is 1.62 bits per heavy atom. The van der Waals surface area contributed by atoms with Crippen LogP contribution in [0, 0.1) is 0 Å². The summed E-state index contributed by atoms with van der Waals surface area (Å²) >= 11 is 0. The molecule has 0 bridgehead atoms. The highest BCUT2D eigenvalue weighted by Gasteiger charge is 2.19. The molecular weight excluding hydrogens is 206 g/mol. The monoisotopic (exact) mass is 225 g/mol. The molecule has 0 aromatic carbocycles. The largest absolute Gasteiger partial charge is 0.480 e. The van der Waals surface area contributed by atoms with Gasteiger partial charge in [0.15, 0.2) is 0 Å². The lowest BCUT2D eigenvalue weighted by Crippen LogP contribution is -2.38. The second kappa shape index (κ2) is 5.53. The molecule has 90 valence electrons. The quantitative estimate of drug-likeness (QED) is 0.798. The summed E-state index contributed by atoms with van der Waals surface area (Å²) in [5, 5.41) is 8.91. The average molecular weight is 225 g/mol. The molecule has 0 radical (unpaired) electrons. The van der Waals surface area contributed by atoms with Crippen LogP contribution in [0.15, 0.2) is 12.4 Å². The zero-order chi connectivity index (χ0) is 12.1. The zero-order valence-corrected chi connectivity index (χ0v) is 10.1. The number of aliphatic carboxylic acids is 1. The lowest BCUT2D eigenvalue weighted by molar-refractivity contribution is -0.135. The summed E-state index contributed by atoms with van der Waals surface area (Å²) < 4.78 is 1.95. The Morgan fingerprint density at radius 3 is 2.81 bits per heavy atom. The Hall–Kier alpha value is -1.52. The van der Waals surface area contributed by atoms with Crippen LogP contribution < -0.4 is 4.90 Å². The van der Waals surface area contributed by atoms with Gasteiger partial charge in [0.25, 0.3) is 0 Å². The third kappa shape index (κ3) is 2.74. The fourth-order valence-electron chi connectivity index (χ4n) is 1.60. The molecule has 0 aliphatic heterocycles. The van der Waals surface area contributed by atoms with Gasteiger partial charge in [-0.05, 0) is 20.3 Å². The second-order valence-electron chi connectivity index (χ2n) is 3.79. The third-order valence-electron chi connectivity index (χ3n) is 2.72. The Bertz CT molecular complexity index is 349. The number of rotatable bonds is 6. The number of carboxylic acids is 1. The zero-order valence-electron chi connectivity index (χ0n) is 10.1. The van der Waals surface area contributed by atoms with Crippen molar-refractivity contribution in [1.29, 1.82) is 0 Å². The average Bonchev–Trinajstić information content (AvgIpc) is 2.72. The molecule has 0 spiro atoms. The number of hydrogen-bond acceptors (Lipinski definition) is 3. The van der Waals surface area contributed by atoms with Crippen LogP contribution in [0.25, 0.3) is 0 Å². The van der Waals surface area contributed by atoms with Gasteiger partial charge in [0.05, 0.1) is 0 Å². The third-order valence-corrected chi connectivity index (χ3v) is 2.72. The van der Waals surface area contributed by atoms with E-state index in [1.165, 1.54) is 0 Å². The van der Waals surface area contributed by atoms with Crippen LogP contribution in [-0.4, -0.2) is 33.2 Å². The van der Waals surface area contributed by atoms with Crippen LogP contribution in [-0.2, 0) is 11.3 Å². The van der Waals surface area contributed by atoms with Crippen LogP contribution in [0.1, 0.15) is 27.2 Å². The van der Waals surface area contributed by atoms with E-state index in [0.717, 1.165) is 18.9 Å². The fourth-order valence-corrected chi connectivity index (χ4v) is 1.60. The van der Waals surface area contributed by atoms with Crippen molar-refractivity contribution in [3.8, 4) is 0 Å². The first kappa shape index (κ1) is 12.5. The van der Waals surface area contributed by atoms with Crippen molar-refractivity contribution >= 4 is 11.9 Å². The number of hydrogen-bond donors (Lipinski definition) is 1. The van der Waals surface area contributed by atoms with Crippen molar-refractivity contribution in [3.63, 3.8) is 0 Å². The van der Waals surface area contributed by atoms with Gasteiger partial charge in [-0.1, -0.05) is 6.92 Å². The first-order chi connectivity index (χ1) is 7.60. The lowest BCUT2D eigenvalue weighted by atomic mass is 10.2. The van der Waals surface area contributed by atoms with Crippen molar-refractivity contribution in [3.05, 3.63) is 12.4 Å². The van der Waals surface area contributed by atoms with Crippen molar-refractivity contribution in [1.82, 2.24) is 9.55 Å². The van der Waals surface area contributed by atoms with Gasteiger partial charge >= 0.3 is 5.97 Å². The van der Waals surface area contributed by atoms with Gasteiger partial charge in [0.2, 0.25) is 5.95 Å². The van der Waals surface area contributed by atoms with Crippen molar-refractivity contribution in [2.75, 3.05) is 11.4 Å². The molecule has 0 aliphatic rings. The van der Waals surface area contributed by atoms with Gasteiger partial charge in [-0.2, -0.15) is 0 Å². The number of carbonyl (C=O) groups is 1. The summed E-state index contributed by atoms with van der Waals surface area (Å²) in [6.07, 6.45) is 4.46. The van der Waals surface area contributed by atoms with Crippen LogP contribution in [0.2, 0.25) is 0 Å². The topological polar surface area (TPSA) is 58.4 Å². The van der Waals surface area contributed by atoms with Crippen LogP contribution in [0.4, 0.5) is 5.95 Å². The Kier molecular flexibility index (Phi) is 4.34. The lowest BCUT2D eigenvalue weighted by Gasteiger charge is -2.28. The van der Waals surface area contributed by atoms with Crippen molar-refractivity contribution < 1.29 is 9.90 Å². The first-order valence-electron chi connectivity index (χ1n) is 5.59. The van der Waals surface area contributed by atoms with Gasteiger partial charge in [0.1, 0.15) is 6.54 Å². The van der Waals surface area contributed by atoms with Crippen LogP contribution in [0.3, 0.4) is 0 Å². The van der Waals surface area contributed by atoms with Gasteiger partial charge in [-0.15, -0.1) is 0 Å². The standard InChI is InChI=1S/C11H19N3O2/c1-4-9(3)14(8-10(15)16)11-12-6-7-13(11)5-2/h6-7,9H,4-5,8H2,1-3H3,(H,15,16). The van der Waals surface area contributed by atoms with Crippen molar-refractivity contribution in [2.24, 2.45) is 0 Å². The number of aryl methyl sites for hydroxylation is 1. The molecule has 0 saturated heterocycles. The van der Waals surface area contributed by atoms with E-state index in [1.807, 2.05) is 36.4 Å². The minimum absolute atomic E-state index is 0.00792. The van der Waals surface area contributed by atoms with Gasteiger partial charge in [0, 0.05) is 25.0 Å². The normalized spacial score (nSPS) is 12.4. The number of anilines is 1. The summed E-state index contributed by atoms with van der Waals surface area (Å²) in [4.78, 5) is 16.9. The Balaban J connectivity index is 2.95. The fraction of sp³-hybridized carbons (Fsp3) is 0.636. The highest BCUT2D eigenvalue weighted by molar-refractivity contribution is 5.72. The Morgan fingerprint density at radius 2 is 2.31 bits per heavy atom. The summed E-state index contributed by atoms with van der Waals surface area (Å²) in [5.41, 5.74) is 0. The molecule has 1 aromatic rings. The molecule has 0 fully saturated rings. The predicted molar refractivity (Wildman–Crippen MR) is 62.6 cm³/mol. The second-order valence-corrected chi connectivity index (χ2v) is 3.79. The summed E-state index contributed by atoms with van der Waals surface area (Å²) in [6.45, 7) is 6.85. The van der Waals surface area contributed by atoms with Crippen LogP contribution >= 0.6 is 0 Å². The van der Waals surface area contributed by atoms with Gasteiger partial charge in [-0.25, -0.2) is 4.98 Å². The number of imidazole rings is 1. The van der Waals surface area contributed by atoms with E-state index in [0.29, 0.717) is 0 Å². The molecule has 0 amide bonds. The molecule has 5 nitrogen and oxygen atoms in total. The van der Waals surface area contributed by atoms with Crippen LogP contribution in [0.5, 0.6) is 0 Å². The minimum atomic E-state index is -0.828.